The first-order valence-electron chi connectivity index (χ1n) is 8.47. The highest BCUT2D eigenvalue weighted by Gasteiger charge is 2.55. The molecule has 2 aromatic rings. The summed E-state index contributed by atoms with van der Waals surface area (Å²) in [4.78, 5) is 26.8. The molecule has 0 aromatic heterocycles. The van der Waals surface area contributed by atoms with Gasteiger partial charge in [0.1, 0.15) is 0 Å². The summed E-state index contributed by atoms with van der Waals surface area (Å²) in [6.45, 7) is 2.52. The zero-order chi connectivity index (χ0) is 18.3. The van der Waals surface area contributed by atoms with Crippen LogP contribution >= 0.6 is 11.6 Å². The molecule has 132 valence electrons. The lowest BCUT2D eigenvalue weighted by molar-refractivity contribution is -0.123. The third-order valence-electron chi connectivity index (χ3n) is 4.73. The second-order valence-electron chi connectivity index (χ2n) is 6.33. The monoisotopic (exact) mass is 368 g/mol. The Balaban J connectivity index is 1.59. The van der Waals surface area contributed by atoms with Crippen LogP contribution in [0.1, 0.15) is 18.1 Å². The van der Waals surface area contributed by atoms with E-state index in [0.717, 1.165) is 16.9 Å². The first kappa shape index (κ1) is 16.7. The van der Waals surface area contributed by atoms with Gasteiger partial charge in [-0.05, 0) is 29.7 Å². The van der Waals surface area contributed by atoms with Gasteiger partial charge in [-0.15, -0.1) is 0 Å². The summed E-state index contributed by atoms with van der Waals surface area (Å²) in [5.41, 5.74) is 2.64. The van der Waals surface area contributed by atoms with Crippen LogP contribution in [0.4, 0.5) is 5.69 Å². The van der Waals surface area contributed by atoms with Gasteiger partial charge >= 0.3 is 0 Å². The highest BCUT2D eigenvalue weighted by Crippen LogP contribution is 2.35. The number of hydrogen-bond acceptors (Lipinski definition) is 5. The summed E-state index contributed by atoms with van der Waals surface area (Å²) in [7, 11) is 0. The van der Waals surface area contributed by atoms with Crippen molar-refractivity contribution in [1.82, 2.24) is 5.01 Å². The van der Waals surface area contributed by atoms with E-state index in [-0.39, 0.29) is 11.8 Å². The first-order chi connectivity index (χ1) is 12.6. The van der Waals surface area contributed by atoms with Crippen LogP contribution in [-0.2, 0) is 22.6 Å². The van der Waals surface area contributed by atoms with Crippen molar-refractivity contribution in [3.05, 3.63) is 64.7 Å². The SMILES string of the molecule is CCc1ccc(CN2N=N[C@H]3C(=O)N(c4ccccc4Cl)C(=O)[C@H]32)cc1. The van der Waals surface area contributed by atoms with Gasteiger partial charge in [0.15, 0.2) is 12.1 Å². The Morgan fingerprint density at radius 3 is 2.38 bits per heavy atom. The van der Waals surface area contributed by atoms with Crippen molar-refractivity contribution >= 4 is 29.1 Å². The molecule has 26 heavy (non-hydrogen) atoms. The number of aryl methyl sites for hydroxylation is 1. The van der Waals surface area contributed by atoms with E-state index in [4.69, 9.17) is 11.6 Å². The number of halogens is 1. The molecule has 2 aliphatic rings. The summed E-state index contributed by atoms with van der Waals surface area (Å²) >= 11 is 6.17. The van der Waals surface area contributed by atoms with Crippen molar-refractivity contribution in [3.63, 3.8) is 0 Å². The van der Waals surface area contributed by atoms with Gasteiger partial charge in [0, 0.05) is 0 Å². The number of amides is 2. The van der Waals surface area contributed by atoms with Gasteiger partial charge in [0.05, 0.1) is 17.3 Å². The molecule has 2 heterocycles. The van der Waals surface area contributed by atoms with Crippen molar-refractivity contribution in [2.75, 3.05) is 4.90 Å². The molecule has 1 saturated heterocycles. The largest absolute Gasteiger partial charge is 0.271 e. The minimum Gasteiger partial charge on any atom is -0.271 e. The number of carbonyl (C=O) groups excluding carboxylic acids is 2. The Morgan fingerprint density at radius 2 is 1.69 bits per heavy atom. The highest BCUT2D eigenvalue weighted by atomic mass is 35.5. The Labute approximate surface area is 156 Å². The lowest BCUT2D eigenvalue weighted by Crippen LogP contribution is -2.39. The van der Waals surface area contributed by atoms with Gasteiger partial charge in [-0.3, -0.25) is 14.6 Å². The first-order valence-corrected chi connectivity index (χ1v) is 8.85. The maximum atomic E-state index is 12.9. The molecule has 0 spiro atoms. The lowest BCUT2D eigenvalue weighted by atomic mass is 10.1. The van der Waals surface area contributed by atoms with Gasteiger partial charge in [-0.25, -0.2) is 4.90 Å². The van der Waals surface area contributed by atoms with Crippen molar-refractivity contribution < 1.29 is 9.59 Å². The van der Waals surface area contributed by atoms with Crippen LogP contribution in [-0.4, -0.2) is 28.9 Å². The fraction of sp³-hybridized carbons (Fsp3) is 0.263. The van der Waals surface area contributed by atoms with E-state index in [1.807, 2.05) is 12.1 Å². The summed E-state index contributed by atoms with van der Waals surface area (Å²) in [5, 5.41) is 10.0. The van der Waals surface area contributed by atoms with Crippen molar-refractivity contribution in [1.29, 1.82) is 0 Å². The number of para-hydroxylation sites is 1. The number of fused-ring (bicyclic) bond motifs is 1. The molecule has 2 aromatic carbocycles. The quantitative estimate of drug-likeness (QED) is 0.777. The topological polar surface area (TPSA) is 65.3 Å². The van der Waals surface area contributed by atoms with Crippen LogP contribution in [0, 0.1) is 0 Å². The Kier molecular flexibility index (Phi) is 4.20. The number of benzene rings is 2. The number of imide groups is 1. The molecule has 7 heteroatoms. The fourth-order valence-corrected chi connectivity index (χ4v) is 3.51. The molecule has 0 bridgehead atoms. The normalized spacial score (nSPS) is 21.6. The minimum atomic E-state index is -0.811. The summed E-state index contributed by atoms with van der Waals surface area (Å²) in [6.07, 6.45) is 0.966. The predicted molar refractivity (Wildman–Crippen MR) is 97.7 cm³/mol. The molecular formula is C19H17ClN4O2. The van der Waals surface area contributed by atoms with E-state index in [0.29, 0.717) is 17.3 Å². The van der Waals surface area contributed by atoms with Gasteiger partial charge < -0.3 is 0 Å². The van der Waals surface area contributed by atoms with E-state index < -0.39 is 12.1 Å². The highest BCUT2D eigenvalue weighted by molar-refractivity contribution is 6.36. The van der Waals surface area contributed by atoms with E-state index in [1.165, 1.54) is 5.56 Å². The van der Waals surface area contributed by atoms with Crippen molar-refractivity contribution in [3.8, 4) is 0 Å². The Bertz CT molecular complexity index is 897. The number of hydrogen-bond donors (Lipinski definition) is 0. The average molecular weight is 369 g/mol. The smallest absolute Gasteiger partial charge is 0.263 e. The van der Waals surface area contributed by atoms with E-state index in [2.05, 4.69) is 29.4 Å². The molecule has 2 aliphatic heterocycles. The van der Waals surface area contributed by atoms with E-state index in [1.54, 1.807) is 29.3 Å². The number of rotatable bonds is 4. The summed E-state index contributed by atoms with van der Waals surface area (Å²) < 4.78 is 0. The molecule has 0 radical (unpaired) electrons. The van der Waals surface area contributed by atoms with Gasteiger partial charge in [-0.1, -0.05) is 60.1 Å². The average Bonchev–Trinajstić information content (AvgIpc) is 3.17. The minimum absolute atomic E-state index is 0.344. The third kappa shape index (κ3) is 2.66. The molecule has 1 fully saturated rings. The third-order valence-corrected chi connectivity index (χ3v) is 5.05. The molecule has 6 nitrogen and oxygen atoms in total. The van der Waals surface area contributed by atoms with Gasteiger partial charge in [-0.2, -0.15) is 5.11 Å². The van der Waals surface area contributed by atoms with E-state index >= 15 is 0 Å². The fourth-order valence-electron chi connectivity index (χ4n) is 3.29. The molecule has 0 saturated carbocycles. The molecule has 0 N–H and O–H groups in total. The summed E-state index contributed by atoms with van der Waals surface area (Å²) in [5.74, 6) is -0.732. The molecule has 4 rings (SSSR count). The molecule has 2 amide bonds. The maximum Gasteiger partial charge on any atom is 0.263 e. The lowest BCUT2D eigenvalue weighted by Gasteiger charge is -2.21. The second-order valence-corrected chi connectivity index (χ2v) is 6.73. The van der Waals surface area contributed by atoms with E-state index in [9.17, 15) is 9.59 Å². The maximum absolute atomic E-state index is 12.9. The zero-order valence-corrected chi connectivity index (χ0v) is 14.9. The van der Waals surface area contributed by atoms with Crippen LogP contribution in [0.5, 0.6) is 0 Å². The molecule has 0 unspecified atom stereocenters. The van der Waals surface area contributed by atoms with Gasteiger partial charge in [0.2, 0.25) is 0 Å². The molecule has 2 atom stereocenters. The van der Waals surface area contributed by atoms with Crippen molar-refractivity contribution in [2.45, 2.75) is 32.0 Å². The number of carbonyl (C=O) groups is 2. The number of anilines is 1. The van der Waals surface area contributed by atoms with Crippen molar-refractivity contribution in [2.24, 2.45) is 10.3 Å². The van der Waals surface area contributed by atoms with Crippen LogP contribution in [0.2, 0.25) is 5.02 Å². The van der Waals surface area contributed by atoms with Crippen LogP contribution < -0.4 is 4.90 Å². The van der Waals surface area contributed by atoms with Crippen LogP contribution in [0.3, 0.4) is 0 Å². The molecular weight excluding hydrogens is 352 g/mol. The predicted octanol–water partition coefficient (Wildman–Crippen LogP) is 3.40. The van der Waals surface area contributed by atoms with Crippen LogP contribution in [0.15, 0.2) is 58.9 Å². The standard InChI is InChI=1S/C19H17ClN4O2/c1-2-12-7-9-13(10-8-12)11-23-17-16(21-22-23)18(25)24(19(17)26)15-6-4-3-5-14(15)20/h3-10,16-17H,2,11H2,1H3/t16-,17+/m1/s1. The Hall–Kier alpha value is -2.73. The summed E-state index contributed by atoms with van der Waals surface area (Å²) in [6, 6.07) is 13.4. The zero-order valence-electron chi connectivity index (χ0n) is 14.2. The van der Waals surface area contributed by atoms with Crippen LogP contribution in [0.25, 0.3) is 0 Å². The second kappa shape index (κ2) is 6.53. The Morgan fingerprint density at radius 1 is 1.00 bits per heavy atom. The van der Waals surface area contributed by atoms with Gasteiger partial charge in [0.25, 0.3) is 11.8 Å². The number of nitrogens with zero attached hydrogens (tertiary/aromatic N) is 4. The molecule has 0 aliphatic carbocycles.